The number of benzene rings is 2. The van der Waals surface area contributed by atoms with Gasteiger partial charge in [-0.05, 0) is 42.2 Å². The van der Waals surface area contributed by atoms with E-state index in [0.29, 0.717) is 10.8 Å². The maximum Gasteiger partial charge on any atom is 0.419 e. The third-order valence-corrected chi connectivity index (χ3v) is 6.01. The minimum atomic E-state index is -4.95. The second-order valence-corrected chi connectivity index (χ2v) is 7.98. The number of fused-ring (bicyclic) bond motifs is 2. The van der Waals surface area contributed by atoms with Crippen LogP contribution in [-0.2, 0) is 0 Å². The fraction of sp³-hybridized carbons (Fsp3) is 0.286. The number of alkyl halides is 3. The van der Waals surface area contributed by atoms with Crippen LogP contribution in [0.15, 0.2) is 47.4 Å². The van der Waals surface area contributed by atoms with E-state index in [-0.39, 0.29) is 33.1 Å². The summed E-state index contributed by atoms with van der Waals surface area (Å²) in [4.78, 5) is 14.6. The smallest absolute Gasteiger partial charge is 0.419 e. The lowest BCUT2D eigenvalue weighted by Gasteiger charge is -2.45. The van der Waals surface area contributed by atoms with Gasteiger partial charge in [0.15, 0.2) is 5.60 Å². The van der Waals surface area contributed by atoms with E-state index in [1.165, 1.54) is 37.4 Å². The summed E-state index contributed by atoms with van der Waals surface area (Å²) in [7, 11) is 0. The molecule has 5 nitrogen and oxygen atoms in total. The van der Waals surface area contributed by atoms with Gasteiger partial charge in [-0.1, -0.05) is 30.7 Å². The van der Waals surface area contributed by atoms with E-state index < -0.39 is 30.2 Å². The monoisotopic (exact) mass is 438 g/mol. The number of aromatic amines is 1. The molecule has 1 aromatic heterocycles. The van der Waals surface area contributed by atoms with Gasteiger partial charge < -0.3 is 20.5 Å². The first kappa shape index (κ1) is 20.6. The van der Waals surface area contributed by atoms with Gasteiger partial charge in [0.1, 0.15) is 5.75 Å². The van der Waals surface area contributed by atoms with Crippen molar-refractivity contribution in [2.24, 2.45) is 0 Å². The molecule has 1 aliphatic carbocycles. The highest BCUT2D eigenvalue weighted by atomic mass is 35.5. The summed E-state index contributed by atoms with van der Waals surface area (Å²) in [6, 6.07) is 7.24. The maximum absolute atomic E-state index is 14.1. The molecule has 4 N–H and O–H groups in total. The second kappa shape index (κ2) is 6.92. The van der Waals surface area contributed by atoms with Crippen molar-refractivity contribution >= 4 is 28.1 Å². The van der Waals surface area contributed by atoms with Gasteiger partial charge in [-0.3, -0.25) is 4.79 Å². The van der Waals surface area contributed by atoms with Crippen molar-refractivity contribution in [3.05, 3.63) is 69.1 Å². The van der Waals surface area contributed by atoms with Crippen molar-refractivity contribution in [3.63, 3.8) is 0 Å². The number of halogens is 4. The summed E-state index contributed by atoms with van der Waals surface area (Å²) in [6.45, 7) is 1.50. The summed E-state index contributed by atoms with van der Waals surface area (Å²) in [5.74, 6) is -1.09. The number of anilines is 1. The Labute approximate surface area is 174 Å². The highest BCUT2D eigenvalue weighted by Crippen LogP contribution is 2.55. The van der Waals surface area contributed by atoms with Gasteiger partial charge in [-0.15, -0.1) is 0 Å². The lowest BCUT2D eigenvalue weighted by molar-refractivity contribution is -0.272. The number of hydrogen-bond donors (Lipinski definition) is 4. The summed E-state index contributed by atoms with van der Waals surface area (Å²) in [6.07, 6.45) is -4.22. The summed E-state index contributed by atoms with van der Waals surface area (Å²) in [5, 5.41) is 24.8. The van der Waals surface area contributed by atoms with Crippen molar-refractivity contribution in [1.82, 2.24) is 4.98 Å². The molecule has 4 rings (SSSR count). The van der Waals surface area contributed by atoms with E-state index in [4.69, 9.17) is 11.6 Å². The fourth-order valence-corrected chi connectivity index (χ4v) is 4.45. The lowest BCUT2D eigenvalue weighted by atomic mass is 9.70. The van der Waals surface area contributed by atoms with Crippen LogP contribution >= 0.6 is 11.6 Å². The molecule has 0 radical (unpaired) electrons. The first-order chi connectivity index (χ1) is 14.0. The Hall–Kier alpha value is -2.71. The predicted octanol–water partition coefficient (Wildman–Crippen LogP) is 4.84. The molecule has 3 aromatic rings. The molecule has 158 valence electrons. The third kappa shape index (κ3) is 3.02. The minimum absolute atomic E-state index is 0.0218. The third-order valence-electron chi connectivity index (χ3n) is 5.71. The lowest BCUT2D eigenvalue weighted by Crippen LogP contribution is -2.55. The minimum Gasteiger partial charge on any atom is -0.506 e. The number of H-pyrrole nitrogens is 1. The Balaban J connectivity index is 1.94. The Morgan fingerprint density at radius 3 is 2.63 bits per heavy atom. The van der Waals surface area contributed by atoms with Crippen molar-refractivity contribution in [1.29, 1.82) is 0 Å². The van der Waals surface area contributed by atoms with Gasteiger partial charge >= 0.3 is 6.18 Å². The van der Waals surface area contributed by atoms with E-state index in [9.17, 15) is 28.2 Å². The van der Waals surface area contributed by atoms with Gasteiger partial charge in [0.05, 0.1) is 11.1 Å². The molecule has 1 aliphatic rings. The van der Waals surface area contributed by atoms with Gasteiger partial charge in [0.2, 0.25) is 0 Å². The quantitative estimate of drug-likeness (QED) is 0.461. The number of aliphatic hydroxyl groups is 1. The van der Waals surface area contributed by atoms with Crippen molar-refractivity contribution in [3.8, 4) is 5.75 Å². The van der Waals surface area contributed by atoms with Crippen LogP contribution in [0.1, 0.15) is 36.4 Å². The number of nitrogens with one attached hydrogen (secondary N) is 2. The molecule has 1 unspecified atom stereocenters. The largest absolute Gasteiger partial charge is 0.506 e. The topological polar surface area (TPSA) is 85.4 Å². The molecule has 0 bridgehead atoms. The molecule has 0 saturated carbocycles. The molecular weight excluding hydrogens is 421 g/mol. The van der Waals surface area contributed by atoms with Crippen LogP contribution in [0.25, 0.3) is 10.8 Å². The van der Waals surface area contributed by atoms with Crippen molar-refractivity contribution < 1.29 is 23.4 Å². The van der Waals surface area contributed by atoms with Gasteiger partial charge in [0, 0.05) is 28.2 Å². The number of rotatable bonds is 2. The van der Waals surface area contributed by atoms with Gasteiger partial charge in [0.25, 0.3) is 5.56 Å². The molecule has 0 saturated heterocycles. The maximum atomic E-state index is 14.1. The Morgan fingerprint density at radius 1 is 1.20 bits per heavy atom. The van der Waals surface area contributed by atoms with Crippen LogP contribution in [0.3, 0.4) is 0 Å². The normalized spacial score (nSPS) is 23.9. The Morgan fingerprint density at radius 2 is 1.93 bits per heavy atom. The summed E-state index contributed by atoms with van der Waals surface area (Å²) >= 11 is 5.98. The molecule has 2 aromatic carbocycles. The van der Waals surface area contributed by atoms with E-state index in [1.807, 2.05) is 0 Å². The van der Waals surface area contributed by atoms with E-state index in [0.717, 1.165) is 0 Å². The highest BCUT2D eigenvalue weighted by Gasteiger charge is 2.62. The molecule has 0 aliphatic heterocycles. The first-order valence-corrected chi connectivity index (χ1v) is 9.59. The van der Waals surface area contributed by atoms with Crippen molar-refractivity contribution in [2.75, 3.05) is 5.32 Å². The molecule has 9 heteroatoms. The molecule has 30 heavy (non-hydrogen) atoms. The SMILES string of the molecule is C[C@@H]1C[C@](O)(C(F)(F)F)C(Nc2cccc3c(=O)[nH]ccc23)c2ccc(Cl)c(O)c21. The zero-order chi connectivity index (χ0) is 21.8. The molecule has 0 amide bonds. The van der Waals surface area contributed by atoms with Crippen LogP contribution < -0.4 is 10.9 Å². The number of aromatic nitrogens is 1. The van der Waals surface area contributed by atoms with E-state index in [2.05, 4.69) is 10.3 Å². The van der Waals surface area contributed by atoms with Crippen LogP contribution in [-0.4, -0.2) is 27.0 Å². The number of pyridine rings is 1. The van der Waals surface area contributed by atoms with Gasteiger partial charge in [-0.2, -0.15) is 13.2 Å². The van der Waals surface area contributed by atoms with E-state index >= 15 is 0 Å². The molecule has 0 spiro atoms. The second-order valence-electron chi connectivity index (χ2n) is 7.58. The van der Waals surface area contributed by atoms with Crippen LogP contribution in [0.2, 0.25) is 5.02 Å². The Kier molecular flexibility index (Phi) is 4.74. The average Bonchev–Trinajstić information content (AvgIpc) is 2.67. The average molecular weight is 439 g/mol. The molecule has 0 fully saturated rings. The van der Waals surface area contributed by atoms with Crippen LogP contribution in [0, 0.1) is 0 Å². The van der Waals surface area contributed by atoms with Crippen LogP contribution in [0.5, 0.6) is 5.75 Å². The molecule has 3 atom stereocenters. The number of hydrogen-bond acceptors (Lipinski definition) is 4. The highest BCUT2D eigenvalue weighted by molar-refractivity contribution is 6.32. The zero-order valence-corrected chi connectivity index (χ0v) is 16.5. The van der Waals surface area contributed by atoms with E-state index in [1.54, 1.807) is 12.1 Å². The molecular formula is C21H18ClF3N2O3. The zero-order valence-electron chi connectivity index (χ0n) is 15.7. The Bertz CT molecular complexity index is 1190. The predicted molar refractivity (Wildman–Crippen MR) is 108 cm³/mol. The molecule has 1 heterocycles. The fourth-order valence-electron chi connectivity index (χ4n) is 4.29. The number of aromatic hydroxyl groups is 1. The van der Waals surface area contributed by atoms with Gasteiger partial charge in [-0.25, -0.2) is 0 Å². The standard InChI is InChI=1S/C21H18ClF3N2O3/c1-10-9-20(30,21(23,24)25)18(13-5-6-14(22)17(28)16(10)13)27-15-4-2-3-12-11(15)7-8-26-19(12)29/h2-8,10,18,27-28,30H,9H2,1H3,(H,26,29)/t10-,18?,20-/m1/s1. The van der Waals surface area contributed by atoms with Crippen LogP contribution in [0.4, 0.5) is 18.9 Å². The summed E-state index contributed by atoms with van der Waals surface area (Å²) in [5.41, 5.74) is -2.89. The number of phenolic OH excluding ortho intramolecular Hbond substituents is 1. The van der Waals surface area contributed by atoms with Crippen molar-refractivity contribution in [2.45, 2.75) is 37.1 Å². The first-order valence-electron chi connectivity index (χ1n) is 9.22. The number of phenols is 1. The summed E-state index contributed by atoms with van der Waals surface area (Å²) < 4.78 is 42.2.